The van der Waals surface area contributed by atoms with Gasteiger partial charge >= 0.3 is 0 Å². The van der Waals surface area contributed by atoms with Crippen molar-refractivity contribution in [3.05, 3.63) is 24.5 Å². The molecule has 0 unspecified atom stereocenters. The van der Waals surface area contributed by atoms with E-state index < -0.39 is 0 Å². The Bertz CT molecular complexity index is 416. The molecule has 1 aromatic rings. The van der Waals surface area contributed by atoms with Gasteiger partial charge in [0.05, 0.1) is 5.69 Å². The molecular weight excluding hydrogens is 248 g/mol. The van der Waals surface area contributed by atoms with Gasteiger partial charge in [0.2, 0.25) is 5.95 Å². The van der Waals surface area contributed by atoms with E-state index in [0.29, 0.717) is 0 Å². The third kappa shape index (κ3) is 3.63. The second kappa shape index (κ2) is 7.48. The molecule has 2 heterocycles. The summed E-state index contributed by atoms with van der Waals surface area (Å²) in [5, 5.41) is 3.46. The molecule has 0 aliphatic carbocycles. The van der Waals surface area contributed by atoms with Crippen molar-refractivity contribution in [2.75, 3.05) is 31.1 Å². The van der Waals surface area contributed by atoms with Crippen LogP contribution in [0.15, 0.2) is 18.9 Å². The molecule has 1 fully saturated rings. The van der Waals surface area contributed by atoms with Crippen molar-refractivity contribution < 1.29 is 0 Å². The van der Waals surface area contributed by atoms with E-state index >= 15 is 0 Å². The largest absolute Gasteiger partial charge is 0.342 e. The van der Waals surface area contributed by atoms with Crippen molar-refractivity contribution in [2.24, 2.45) is 5.92 Å². The van der Waals surface area contributed by atoms with Gasteiger partial charge in [0, 0.05) is 25.8 Å². The van der Waals surface area contributed by atoms with Crippen LogP contribution in [0.5, 0.6) is 0 Å². The van der Waals surface area contributed by atoms with E-state index in [0.717, 1.165) is 51.0 Å². The summed E-state index contributed by atoms with van der Waals surface area (Å²) < 4.78 is 2.23. The minimum Gasteiger partial charge on any atom is -0.342 e. The summed E-state index contributed by atoms with van der Waals surface area (Å²) in [4.78, 5) is 7.22. The van der Waals surface area contributed by atoms with Gasteiger partial charge in [-0.05, 0) is 38.3 Å². The molecule has 0 amide bonds. The maximum Gasteiger partial charge on any atom is 0.206 e. The van der Waals surface area contributed by atoms with E-state index in [1.165, 1.54) is 18.5 Å². The quantitative estimate of drug-likeness (QED) is 0.777. The standard InChI is InChI=1S/C16H28N4/c1-4-9-20-13-15(5-2)18-16(20)19-10-7-14(8-11-19)12-17-6-3/h4,13-14,17H,1,5-12H2,2-3H3. The van der Waals surface area contributed by atoms with Crippen LogP contribution in [0.25, 0.3) is 0 Å². The SMILES string of the molecule is C=CCn1cc(CC)nc1N1CCC(CNCC)CC1. The van der Waals surface area contributed by atoms with Crippen LogP contribution in [-0.4, -0.2) is 35.7 Å². The minimum absolute atomic E-state index is 0.819. The molecule has 4 nitrogen and oxygen atoms in total. The Balaban J connectivity index is 1.98. The van der Waals surface area contributed by atoms with E-state index in [-0.39, 0.29) is 0 Å². The number of anilines is 1. The fourth-order valence-corrected chi connectivity index (χ4v) is 2.84. The zero-order valence-corrected chi connectivity index (χ0v) is 12.9. The molecule has 0 radical (unpaired) electrons. The van der Waals surface area contributed by atoms with Crippen LogP contribution in [0.2, 0.25) is 0 Å². The van der Waals surface area contributed by atoms with Crippen LogP contribution < -0.4 is 10.2 Å². The van der Waals surface area contributed by atoms with E-state index in [2.05, 4.69) is 41.4 Å². The molecule has 20 heavy (non-hydrogen) atoms. The third-order valence-corrected chi connectivity index (χ3v) is 4.07. The van der Waals surface area contributed by atoms with Gasteiger partial charge in [0.15, 0.2) is 0 Å². The summed E-state index contributed by atoms with van der Waals surface area (Å²) in [5.74, 6) is 1.95. The van der Waals surface area contributed by atoms with Crippen molar-refractivity contribution in [3.63, 3.8) is 0 Å². The van der Waals surface area contributed by atoms with Gasteiger partial charge in [-0.3, -0.25) is 0 Å². The minimum atomic E-state index is 0.819. The highest BCUT2D eigenvalue weighted by molar-refractivity contribution is 5.34. The predicted molar refractivity (Wildman–Crippen MR) is 85.3 cm³/mol. The molecule has 1 N–H and O–H groups in total. The first kappa shape index (κ1) is 15.1. The number of imidazole rings is 1. The average molecular weight is 276 g/mol. The van der Waals surface area contributed by atoms with Gasteiger partial charge in [-0.1, -0.05) is 19.9 Å². The molecule has 0 atom stereocenters. The monoisotopic (exact) mass is 276 g/mol. The molecule has 0 aromatic carbocycles. The predicted octanol–water partition coefficient (Wildman–Crippen LogP) is 2.46. The first-order valence-electron chi connectivity index (χ1n) is 7.91. The molecule has 1 aromatic heterocycles. The summed E-state index contributed by atoms with van der Waals surface area (Å²) in [6.45, 7) is 13.5. The molecule has 0 spiro atoms. The summed E-state index contributed by atoms with van der Waals surface area (Å²) in [5.41, 5.74) is 1.18. The number of hydrogen-bond donors (Lipinski definition) is 1. The number of aryl methyl sites for hydroxylation is 1. The molecule has 1 aliphatic heterocycles. The first-order valence-corrected chi connectivity index (χ1v) is 7.91. The van der Waals surface area contributed by atoms with Gasteiger partial charge in [0.1, 0.15) is 0 Å². The zero-order chi connectivity index (χ0) is 14.4. The van der Waals surface area contributed by atoms with Crippen molar-refractivity contribution in [1.82, 2.24) is 14.9 Å². The van der Waals surface area contributed by atoms with E-state index in [1.807, 2.05) is 6.08 Å². The Hall–Kier alpha value is -1.29. The fraction of sp³-hybridized carbons (Fsp3) is 0.688. The lowest BCUT2D eigenvalue weighted by Gasteiger charge is -2.33. The first-order chi connectivity index (χ1) is 9.78. The lowest BCUT2D eigenvalue weighted by molar-refractivity contribution is 0.382. The highest BCUT2D eigenvalue weighted by Gasteiger charge is 2.22. The number of allylic oxidation sites excluding steroid dienone is 1. The highest BCUT2D eigenvalue weighted by Crippen LogP contribution is 2.23. The van der Waals surface area contributed by atoms with Gasteiger partial charge in [-0.2, -0.15) is 0 Å². The van der Waals surface area contributed by atoms with Crippen LogP contribution in [0.4, 0.5) is 5.95 Å². The molecule has 112 valence electrons. The Morgan fingerprint density at radius 3 is 2.75 bits per heavy atom. The molecule has 0 bridgehead atoms. The maximum atomic E-state index is 4.78. The summed E-state index contributed by atoms with van der Waals surface area (Å²) >= 11 is 0. The van der Waals surface area contributed by atoms with Gasteiger partial charge in [0.25, 0.3) is 0 Å². The number of hydrogen-bond acceptors (Lipinski definition) is 3. The highest BCUT2D eigenvalue weighted by atomic mass is 15.3. The van der Waals surface area contributed by atoms with Gasteiger partial charge < -0.3 is 14.8 Å². The van der Waals surface area contributed by atoms with Gasteiger partial charge in [-0.15, -0.1) is 6.58 Å². The Labute approximate surface area is 122 Å². The maximum absolute atomic E-state index is 4.78. The average Bonchev–Trinajstić information content (AvgIpc) is 2.89. The van der Waals surface area contributed by atoms with Crippen LogP contribution >= 0.6 is 0 Å². The van der Waals surface area contributed by atoms with E-state index in [1.54, 1.807) is 0 Å². The lowest BCUT2D eigenvalue weighted by atomic mass is 9.97. The number of rotatable bonds is 7. The van der Waals surface area contributed by atoms with Crippen LogP contribution in [-0.2, 0) is 13.0 Å². The van der Waals surface area contributed by atoms with E-state index in [9.17, 15) is 0 Å². The smallest absolute Gasteiger partial charge is 0.206 e. The number of nitrogens with one attached hydrogen (secondary N) is 1. The lowest BCUT2D eigenvalue weighted by Crippen LogP contribution is -2.38. The molecule has 0 saturated carbocycles. The Kier molecular flexibility index (Phi) is 5.65. The Morgan fingerprint density at radius 1 is 1.40 bits per heavy atom. The second-order valence-electron chi connectivity index (χ2n) is 5.56. The van der Waals surface area contributed by atoms with Crippen molar-refractivity contribution >= 4 is 5.95 Å². The van der Waals surface area contributed by atoms with Crippen LogP contribution in [0.3, 0.4) is 0 Å². The normalized spacial score (nSPS) is 16.6. The van der Waals surface area contributed by atoms with E-state index in [4.69, 9.17) is 4.98 Å². The number of piperidine rings is 1. The van der Waals surface area contributed by atoms with Crippen molar-refractivity contribution in [2.45, 2.75) is 39.7 Å². The van der Waals surface area contributed by atoms with Gasteiger partial charge in [-0.25, -0.2) is 4.98 Å². The Morgan fingerprint density at radius 2 is 2.15 bits per heavy atom. The van der Waals surface area contributed by atoms with Crippen LogP contribution in [0, 0.1) is 5.92 Å². The number of nitrogens with zero attached hydrogens (tertiary/aromatic N) is 3. The van der Waals surface area contributed by atoms with Crippen molar-refractivity contribution in [3.8, 4) is 0 Å². The summed E-state index contributed by atoms with van der Waals surface area (Å²) in [7, 11) is 0. The van der Waals surface area contributed by atoms with Crippen molar-refractivity contribution in [1.29, 1.82) is 0 Å². The van der Waals surface area contributed by atoms with Crippen LogP contribution in [0.1, 0.15) is 32.4 Å². The summed E-state index contributed by atoms with van der Waals surface area (Å²) in [6.07, 6.45) is 7.63. The molecular formula is C16H28N4. The molecule has 1 aliphatic rings. The molecule has 2 rings (SSSR count). The third-order valence-electron chi connectivity index (χ3n) is 4.07. The second-order valence-corrected chi connectivity index (χ2v) is 5.56. The topological polar surface area (TPSA) is 33.1 Å². The molecule has 1 saturated heterocycles. The fourth-order valence-electron chi connectivity index (χ4n) is 2.84. The molecule has 4 heteroatoms. The summed E-state index contributed by atoms with van der Waals surface area (Å²) in [6, 6.07) is 0. The number of aromatic nitrogens is 2. The zero-order valence-electron chi connectivity index (χ0n) is 12.9.